The average Bonchev–Trinajstić information content (AvgIpc) is 2.54. The van der Waals surface area contributed by atoms with E-state index in [2.05, 4.69) is 11.4 Å². The summed E-state index contributed by atoms with van der Waals surface area (Å²) in [5.74, 6) is 1.43. The lowest BCUT2D eigenvalue weighted by atomic mass is 10.1. The average molecular weight is 280 g/mol. The number of rotatable bonds is 3. The number of hydrogen-bond donors (Lipinski definition) is 1. The third kappa shape index (κ3) is 2.77. The molecular formula is C17H16N2O2. The van der Waals surface area contributed by atoms with Crippen LogP contribution in [-0.2, 0) is 0 Å². The molecule has 0 fully saturated rings. The number of nitriles is 1. The van der Waals surface area contributed by atoms with Gasteiger partial charge in [0, 0.05) is 5.69 Å². The van der Waals surface area contributed by atoms with Crippen LogP contribution >= 0.6 is 0 Å². The molecule has 1 heterocycles. The van der Waals surface area contributed by atoms with Gasteiger partial charge in [0.25, 0.3) is 0 Å². The highest BCUT2D eigenvalue weighted by molar-refractivity contribution is 5.54. The minimum absolute atomic E-state index is 0.429. The Bertz CT molecular complexity index is 691. The van der Waals surface area contributed by atoms with Crippen molar-refractivity contribution in [1.82, 2.24) is 0 Å². The van der Waals surface area contributed by atoms with E-state index >= 15 is 0 Å². The van der Waals surface area contributed by atoms with Crippen LogP contribution < -0.4 is 14.8 Å². The zero-order chi connectivity index (χ0) is 14.7. The molecule has 0 radical (unpaired) electrons. The van der Waals surface area contributed by atoms with Gasteiger partial charge in [0.2, 0.25) is 0 Å². The Balaban J connectivity index is 1.87. The van der Waals surface area contributed by atoms with Crippen molar-refractivity contribution in [3.05, 3.63) is 53.6 Å². The van der Waals surface area contributed by atoms with Crippen LogP contribution in [0.15, 0.2) is 42.5 Å². The number of hydrogen-bond acceptors (Lipinski definition) is 4. The van der Waals surface area contributed by atoms with Crippen LogP contribution in [-0.4, -0.2) is 13.2 Å². The molecule has 1 aliphatic rings. The van der Waals surface area contributed by atoms with Gasteiger partial charge < -0.3 is 14.8 Å². The normalized spacial score (nSPS) is 14.1. The second kappa shape index (κ2) is 5.76. The molecule has 21 heavy (non-hydrogen) atoms. The van der Waals surface area contributed by atoms with E-state index in [1.165, 1.54) is 0 Å². The Labute approximate surface area is 123 Å². The molecule has 1 aliphatic heterocycles. The van der Waals surface area contributed by atoms with Crippen molar-refractivity contribution in [1.29, 1.82) is 5.26 Å². The highest BCUT2D eigenvalue weighted by Crippen LogP contribution is 2.33. The minimum Gasteiger partial charge on any atom is -0.486 e. The molecule has 0 aromatic heterocycles. The Morgan fingerprint density at radius 2 is 1.86 bits per heavy atom. The third-order valence-corrected chi connectivity index (χ3v) is 3.47. The summed E-state index contributed by atoms with van der Waals surface area (Å²) in [6.07, 6.45) is 0. The first-order chi connectivity index (χ1) is 10.3. The molecule has 3 rings (SSSR count). The molecule has 1 unspecified atom stereocenters. The SMILES string of the molecule is Cc1ccccc1NC(C#N)c1ccc2c(c1)OCCO2. The van der Waals surface area contributed by atoms with Gasteiger partial charge >= 0.3 is 0 Å². The summed E-state index contributed by atoms with van der Waals surface area (Å²) >= 11 is 0. The summed E-state index contributed by atoms with van der Waals surface area (Å²) in [5.41, 5.74) is 2.93. The van der Waals surface area contributed by atoms with Gasteiger partial charge in [-0.05, 0) is 36.2 Å². The van der Waals surface area contributed by atoms with Crippen molar-refractivity contribution in [3.63, 3.8) is 0 Å². The van der Waals surface area contributed by atoms with E-state index in [0.29, 0.717) is 19.0 Å². The molecule has 0 aliphatic carbocycles. The van der Waals surface area contributed by atoms with Crippen molar-refractivity contribution in [2.45, 2.75) is 13.0 Å². The molecule has 0 saturated heterocycles. The fourth-order valence-corrected chi connectivity index (χ4v) is 2.32. The lowest BCUT2D eigenvalue weighted by Gasteiger charge is -2.21. The van der Waals surface area contributed by atoms with Crippen molar-refractivity contribution < 1.29 is 9.47 Å². The van der Waals surface area contributed by atoms with Crippen LogP contribution in [0.25, 0.3) is 0 Å². The number of aryl methyl sites for hydroxylation is 1. The Morgan fingerprint density at radius 1 is 1.10 bits per heavy atom. The number of anilines is 1. The molecule has 4 heteroatoms. The van der Waals surface area contributed by atoms with Crippen LogP contribution in [0.2, 0.25) is 0 Å². The van der Waals surface area contributed by atoms with Crippen LogP contribution in [0.4, 0.5) is 5.69 Å². The van der Waals surface area contributed by atoms with E-state index < -0.39 is 6.04 Å². The maximum atomic E-state index is 9.45. The van der Waals surface area contributed by atoms with Gasteiger partial charge in [-0.2, -0.15) is 5.26 Å². The van der Waals surface area contributed by atoms with Crippen LogP contribution in [0.5, 0.6) is 11.5 Å². The number of para-hydroxylation sites is 1. The summed E-state index contributed by atoms with van der Waals surface area (Å²) in [4.78, 5) is 0. The highest BCUT2D eigenvalue weighted by atomic mass is 16.6. The monoisotopic (exact) mass is 280 g/mol. The number of fused-ring (bicyclic) bond motifs is 1. The molecular weight excluding hydrogens is 264 g/mol. The Hall–Kier alpha value is -2.67. The van der Waals surface area contributed by atoms with E-state index in [-0.39, 0.29) is 0 Å². The molecule has 0 bridgehead atoms. The second-order valence-electron chi connectivity index (χ2n) is 4.92. The molecule has 1 N–H and O–H groups in total. The van der Waals surface area contributed by atoms with E-state index in [1.807, 2.05) is 49.4 Å². The van der Waals surface area contributed by atoms with Crippen molar-refractivity contribution in [2.24, 2.45) is 0 Å². The number of nitrogens with one attached hydrogen (secondary N) is 1. The van der Waals surface area contributed by atoms with Gasteiger partial charge in [-0.1, -0.05) is 24.3 Å². The summed E-state index contributed by atoms with van der Waals surface area (Å²) in [6, 6.07) is 15.4. The molecule has 1 atom stereocenters. The van der Waals surface area contributed by atoms with Crippen molar-refractivity contribution in [2.75, 3.05) is 18.5 Å². The first kappa shape index (κ1) is 13.3. The molecule has 0 saturated carbocycles. The number of nitrogens with zero attached hydrogens (tertiary/aromatic N) is 1. The van der Waals surface area contributed by atoms with Gasteiger partial charge in [-0.3, -0.25) is 0 Å². The quantitative estimate of drug-likeness (QED) is 0.935. The molecule has 0 amide bonds. The number of ether oxygens (including phenoxy) is 2. The van der Waals surface area contributed by atoms with Gasteiger partial charge in [-0.25, -0.2) is 0 Å². The second-order valence-corrected chi connectivity index (χ2v) is 4.92. The summed E-state index contributed by atoms with van der Waals surface area (Å²) in [5, 5.41) is 12.7. The zero-order valence-corrected chi connectivity index (χ0v) is 11.8. The van der Waals surface area contributed by atoms with Crippen molar-refractivity contribution >= 4 is 5.69 Å². The van der Waals surface area contributed by atoms with Gasteiger partial charge in [0.05, 0.1) is 6.07 Å². The van der Waals surface area contributed by atoms with E-state index in [0.717, 1.165) is 22.6 Å². The maximum Gasteiger partial charge on any atom is 0.161 e. The summed E-state index contributed by atoms with van der Waals surface area (Å²) < 4.78 is 11.1. The predicted molar refractivity (Wildman–Crippen MR) is 80.6 cm³/mol. The smallest absolute Gasteiger partial charge is 0.161 e. The zero-order valence-electron chi connectivity index (χ0n) is 11.8. The van der Waals surface area contributed by atoms with E-state index in [4.69, 9.17) is 9.47 Å². The molecule has 2 aromatic carbocycles. The standard InChI is InChI=1S/C17H16N2O2/c1-12-4-2-3-5-14(12)19-15(11-18)13-6-7-16-17(10-13)21-9-8-20-16/h2-7,10,15,19H,8-9H2,1H3. The fourth-order valence-electron chi connectivity index (χ4n) is 2.32. The first-order valence-electron chi connectivity index (χ1n) is 6.89. The first-order valence-corrected chi connectivity index (χ1v) is 6.89. The maximum absolute atomic E-state index is 9.45. The van der Waals surface area contributed by atoms with Gasteiger partial charge in [0.15, 0.2) is 11.5 Å². The molecule has 2 aromatic rings. The Kier molecular flexibility index (Phi) is 3.65. The predicted octanol–water partition coefficient (Wildman–Crippen LogP) is 3.44. The summed E-state index contributed by atoms with van der Waals surface area (Å²) in [7, 11) is 0. The molecule has 0 spiro atoms. The van der Waals surface area contributed by atoms with Crippen LogP contribution in [0, 0.1) is 18.3 Å². The van der Waals surface area contributed by atoms with Gasteiger partial charge in [-0.15, -0.1) is 0 Å². The lowest BCUT2D eigenvalue weighted by Crippen LogP contribution is -2.16. The molecule has 4 nitrogen and oxygen atoms in total. The third-order valence-electron chi connectivity index (χ3n) is 3.47. The molecule has 106 valence electrons. The van der Waals surface area contributed by atoms with Crippen LogP contribution in [0.1, 0.15) is 17.2 Å². The van der Waals surface area contributed by atoms with E-state index in [9.17, 15) is 5.26 Å². The largest absolute Gasteiger partial charge is 0.486 e. The van der Waals surface area contributed by atoms with Gasteiger partial charge in [0.1, 0.15) is 19.3 Å². The minimum atomic E-state index is -0.429. The lowest BCUT2D eigenvalue weighted by molar-refractivity contribution is 0.171. The Morgan fingerprint density at radius 3 is 2.62 bits per heavy atom. The highest BCUT2D eigenvalue weighted by Gasteiger charge is 2.17. The topological polar surface area (TPSA) is 54.3 Å². The number of benzene rings is 2. The van der Waals surface area contributed by atoms with Crippen molar-refractivity contribution in [3.8, 4) is 17.6 Å². The van der Waals surface area contributed by atoms with Crippen LogP contribution in [0.3, 0.4) is 0 Å². The fraction of sp³-hybridized carbons (Fsp3) is 0.235. The summed E-state index contributed by atoms with van der Waals surface area (Å²) in [6.45, 7) is 3.12. The van der Waals surface area contributed by atoms with E-state index in [1.54, 1.807) is 0 Å².